The lowest BCUT2D eigenvalue weighted by Gasteiger charge is -2.25. The SMILES string of the molecule is CC(C)CC(C)[C@H](O)C(=O)NO.CNC(=O)[C@H](CC1CCCCC1)NC=O. The third-order valence-electron chi connectivity index (χ3n) is 4.89. The fourth-order valence-electron chi connectivity index (χ4n) is 3.46. The van der Waals surface area contributed by atoms with Gasteiger partial charge in [-0.25, -0.2) is 5.48 Å². The van der Waals surface area contributed by atoms with Crippen LogP contribution in [-0.2, 0) is 14.4 Å². The fraction of sp³-hybridized carbons (Fsp3) is 0.842. The smallest absolute Gasteiger partial charge is 0.272 e. The van der Waals surface area contributed by atoms with E-state index in [2.05, 4.69) is 10.6 Å². The summed E-state index contributed by atoms with van der Waals surface area (Å²) in [4.78, 5) is 32.6. The van der Waals surface area contributed by atoms with Gasteiger partial charge in [-0.1, -0.05) is 52.9 Å². The zero-order valence-electron chi connectivity index (χ0n) is 17.0. The summed E-state index contributed by atoms with van der Waals surface area (Å²) in [5.74, 6) is 0.0719. The molecule has 0 aliphatic heterocycles. The van der Waals surface area contributed by atoms with Crippen LogP contribution < -0.4 is 16.1 Å². The molecule has 5 N–H and O–H groups in total. The molecule has 0 heterocycles. The molecule has 0 aromatic rings. The number of hydrogen-bond donors (Lipinski definition) is 5. The minimum atomic E-state index is -1.11. The summed E-state index contributed by atoms with van der Waals surface area (Å²) in [5, 5.41) is 22.7. The van der Waals surface area contributed by atoms with Crippen molar-refractivity contribution >= 4 is 18.2 Å². The van der Waals surface area contributed by atoms with E-state index < -0.39 is 12.0 Å². The van der Waals surface area contributed by atoms with Gasteiger partial charge in [-0.15, -0.1) is 0 Å². The molecule has 0 spiro atoms. The van der Waals surface area contributed by atoms with Crippen LogP contribution in [0.1, 0.15) is 65.7 Å². The lowest BCUT2D eigenvalue weighted by atomic mass is 9.84. The molecular weight excluding hydrogens is 350 g/mol. The lowest BCUT2D eigenvalue weighted by Crippen LogP contribution is -2.43. The highest BCUT2D eigenvalue weighted by Gasteiger charge is 2.23. The van der Waals surface area contributed by atoms with E-state index in [9.17, 15) is 19.5 Å². The lowest BCUT2D eigenvalue weighted by molar-refractivity contribution is -0.140. The normalized spacial score (nSPS) is 17.7. The number of aliphatic hydroxyl groups is 1. The minimum Gasteiger partial charge on any atom is -0.383 e. The molecular formula is C19H37N3O5. The minimum absolute atomic E-state index is 0.0901. The van der Waals surface area contributed by atoms with Crippen LogP contribution in [0.3, 0.4) is 0 Å². The van der Waals surface area contributed by atoms with Gasteiger partial charge in [0, 0.05) is 7.05 Å². The first kappa shape index (κ1) is 25.3. The summed E-state index contributed by atoms with van der Waals surface area (Å²) in [6.45, 7) is 5.81. The molecule has 0 saturated heterocycles. The van der Waals surface area contributed by atoms with Gasteiger partial charge in [0.15, 0.2) is 0 Å². The van der Waals surface area contributed by atoms with Crippen molar-refractivity contribution in [1.29, 1.82) is 0 Å². The van der Waals surface area contributed by atoms with Gasteiger partial charge in [0.05, 0.1) is 0 Å². The van der Waals surface area contributed by atoms with Crippen LogP contribution in [-0.4, -0.2) is 47.7 Å². The molecule has 0 radical (unpaired) electrons. The Labute approximate surface area is 162 Å². The summed E-state index contributed by atoms with van der Waals surface area (Å²) in [7, 11) is 1.60. The molecule has 1 saturated carbocycles. The average Bonchev–Trinajstić information content (AvgIpc) is 2.66. The molecule has 8 nitrogen and oxygen atoms in total. The molecule has 0 aromatic carbocycles. The molecule has 1 rings (SSSR count). The predicted octanol–water partition coefficient (Wildman–Crippen LogP) is 1.35. The largest absolute Gasteiger partial charge is 0.383 e. The Balaban J connectivity index is 0.000000516. The number of carbonyl (C=O) groups excluding carboxylic acids is 3. The number of hydrogen-bond acceptors (Lipinski definition) is 5. The van der Waals surface area contributed by atoms with Gasteiger partial charge < -0.3 is 15.7 Å². The van der Waals surface area contributed by atoms with Crippen molar-refractivity contribution in [2.24, 2.45) is 17.8 Å². The predicted molar refractivity (Wildman–Crippen MR) is 103 cm³/mol. The molecule has 0 aromatic heterocycles. The maximum absolute atomic E-state index is 11.4. The zero-order chi connectivity index (χ0) is 20.8. The van der Waals surface area contributed by atoms with Gasteiger partial charge in [0.1, 0.15) is 12.1 Å². The maximum Gasteiger partial charge on any atom is 0.272 e. The molecule has 158 valence electrons. The highest BCUT2D eigenvalue weighted by Crippen LogP contribution is 2.27. The Morgan fingerprint density at radius 2 is 1.70 bits per heavy atom. The number of carbonyl (C=O) groups is 3. The van der Waals surface area contributed by atoms with E-state index in [-0.39, 0.29) is 17.9 Å². The summed E-state index contributed by atoms with van der Waals surface area (Å²) in [6, 6.07) is -0.351. The topological polar surface area (TPSA) is 128 Å². The second kappa shape index (κ2) is 14.4. The first-order valence-corrected chi connectivity index (χ1v) is 9.80. The van der Waals surface area contributed by atoms with Gasteiger partial charge in [-0.05, 0) is 30.6 Å². The molecule has 1 aliphatic rings. The summed E-state index contributed by atoms with van der Waals surface area (Å²) < 4.78 is 0. The van der Waals surface area contributed by atoms with Gasteiger partial charge in [0.25, 0.3) is 5.91 Å². The molecule has 1 aliphatic carbocycles. The molecule has 0 bridgehead atoms. The Morgan fingerprint density at radius 3 is 2.15 bits per heavy atom. The van der Waals surface area contributed by atoms with Crippen LogP contribution in [0.25, 0.3) is 0 Å². The number of likely N-dealkylation sites (N-methyl/N-ethyl adjacent to an activating group) is 1. The Morgan fingerprint density at radius 1 is 1.11 bits per heavy atom. The highest BCUT2D eigenvalue weighted by molar-refractivity contribution is 5.83. The van der Waals surface area contributed by atoms with E-state index in [1.807, 2.05) is 13.8 Å². The van der Waals surface area contributed by atoms with Crippen molar-refractivity contribution in [3.63, 3.8) is 0 Å². The van der Waals surface area contributed by atoms with Gasteiger partial charge in [-0.2, -0.15) is 0 Å². The van der Waals surface area contributed by atoms with Crippen LogP contribution >= 0.6 is 0 Å². The van der Waals surface area contributed by atoms with E-state index in [0.717, 1.165) is 12.8 Å². The molecule has 1 unspecified atom stereocenters. The monoisotopic (exact) mass is 387 g/mol. The molecule has 1 fully saturated rings. The number of hydroxylamine groups is 1. The van der Waals surface area contributed by atoms with Gasteiger partial charge in [0.2, 0.25) is 12.3 Å². The van der Waals surface area contributed by atoms with E-state index in [1.54, 1.807) is 14.0 Å². The van der Waals surface area contributed by atoms with Crippen LogP contribution in [0.15, 0.2) is 0 Å². The standard InChI is InChI=1S/C11H20N2O2.C8H17NO3/c1-12-11(15)10(13-8-14)7-9-5-3-2-4-6-9;1-5(2)4-6(3)7(10)8(11)9-12/h8-10H,2-7H2,1H3,(H,12,15)(H,13,14);5-7,10,12H,4H2,1-3H3,(H,9,11)/t10-;6?,7-/m00/s1. The average molecular weight is 388 g/mol. The Bertz CT molecular complexity index is 439. The Hall–Kier alpha value is -1.67. The Kier molecular flexibility index (Phi) is 13.5. The molecule has 8 heteroatoms. The number of aliphatic hydroxyl groups excluding tert-OH is 1. The van der Waals surface area contributed by atoms with Crippen LogP contribution in [0.4, 0.5) is 0 Å². The molecule has 3 atom stereocenters. The highest BCUT2D eigenvalue weighted by atomic mass is 16.5. The number of nitrogens with one attached hydrogen (secondary N) is 3. The third-order valence-corrected chi connectivity index (χ3v) is 4.89. The van der Waals surface area contributed by atoms with Crippen molar-refractivity contribution < 1.29 is 24.7 Å². The number of amides is 3. The third kappa shape index (κ3) is 10.9. The van der Waals surface area contributed by atoms with Crippen LogP contribution in [0.5, 0.6) is 0 Å². The first-order chi connectivity index (χ1) is 12.8. The van der Waals surface area contributed by atoms with Crippen molar-refractivity contribution in [1.82, 2.24) is 16.1 Å². The van der Waals surface area contributed by atoms with Crippen LogP contribution in [0, 0.1) is 17.8 Å². The summed E-state index contributed by atoms with van der Waals surface area (Å²) in [6.07, 6.45) is 7.23. The van der Waals surface area contributed by atoms with Gasteiger partial charge >= 0.3 is 0 Å². The summed E-state index contributed by atoms with van der Waals surface area (Å²) in [5.41, 5.74) is 1.43. The van der Waals surface area contributed by atoms with E-state index in [4.69, 9.17) is 5.21 Å². The molecule has 27 heavy (non-hydrogen) atoms. The van der Waals surface area contributed by atoms with E-state index in [0.29, 0.717) is 18.2 Å². The van der Waals surface area contributed by atoms with Crippen molar-refractivity contribution in [3.05, 3.63) is 0 Å². The van der Waals surface area contributed by atoms with Crippen LogP contribution in [0.2, 0.25) is 0 Å². The summed E-state index contributed by atoms with van der Waals surface area (Å²) >= 11 is 0. The van der Waals surface area contributed by atoms with E-state index >= 15 is 0 Å². The second-order valence-corrected chi connectivity index (χ2v) is 7.72. The first-order valence-electron chi connectivity index (χ1n) is 9.80. The quantitative estimate of drug-likeness (QED) is 0.232. The fourth-order valence-corrected chi connectivity index (χ4v) is 3.46. The zero-order valence-corrected chi connectivity index (χ0v) is 17.0. The number of rotatable bonds is 9. The van der Waals surface area contributed by atoms with Gasteiger partial charge in [-0.3, -0.25) is 19.6 Å². The maximum atomic E-state index is 11.4. The van der Waals surface area contributed by atoms with Crippen molar-refractivity contribution in [3.8, 4) is 0 Å². The van der Waals surface area contributed by atoms with Crippen molar-refractivity contribution in [2.75, 3.05) is 7.05 Å². The molecule has 3 amide bonds. The van der Waals surface area contributed by atoms with Crippen molar-refractivity contribution in [2.45, 2.75) is 77.9 Å². The second-order valence-electron chi connectivity index (χ2n) is 7.72. The van der Waals surface area contributed by atoms with E-state index in [1.165, 1.54) is 37.6 Å².